The van der Waals surface area contributed by atoms with Gasteiger partial charge in [-0.1, -0.05) is 54.1 Å². The zero-order valence-corrected chi connectivity index (χ0v) is 17.3. The van der Waals surface area contributed by atoms with E-state index in [0.717, 1.165) is 0 Å². The summed E-state index contributed by atoms with van der Waals surface area (Å²) < 4.78 is 10.2. The zero-order chi connectivity index (χ0) is 22.7. The number of benzene rings is 3. The van der Waals surface area contributed by atoms with Gasteiger partial charge in [-0.2, -0.15) is 0 Å². The Bertz CT molecular complexity index is 1250. The smallest absolute Gasteiger partial charge is 0.344 e. The number of anilines is 1. The number of halogens is 1. The molecule has 0 unspecified atom stereocenters. The number of carbonyl (C=O) groups excluding carboxylic acids is 4. The largest absolute Gasteiger partial charge is 0.482 e. The van der Waals surface area contributed by atoms with Crippen molar-refractivity contribution in [3.8, 4) is 5.75 Å². The Balaban J connectivity index is 1.40. The third-order valence-electron chi connectivity index (χ3n) is 4.74. The number of nitrogens with one attached hydrogen (secondary N) is 1. The van der Waals surface area contributed by atoms with Gasteiger partial charge in [0, 0.05) is 21.7 Å². The number of ether oxygens (including phenoxy) is 2. The second-order valence-electron chi connectivity index (χ2n) is 6.89. The van der Waals surface area contributed by atoms with E-state index < -0.39 is 25.1 Å². The molecule has 0 radical (unpaired) electrons. The van der Waals surface area contributed by atoms with Crippen LogP contribution in [0.1, 0.15) is 31.8 Å². The molecule has 0 saturated heterocycles. The summed E-state index contributed by atoms with van der Waals surface area (Å²) >= 11 is 5.84. The van der Waals surface area contributed by atoms with Crippen LogP contribution in [0, 0.1) is 0 Å². The highest BCUT2D eigenvalue weighted by molar-refractivity contribution is 6.31. The van der Waals surface area contributed by atoms with Gasteiger partial charge in [0.25, 0.3) is 5.91 Å². The van der Waals surface area contributed by atoms with E-state index in [-0.39, 0.29) is 33.9 Å². The number of carbonyl (C=O) groups is 4. The van der Waals surface area contributed by atoms with Gasteiger partial charge in [-0.05, 0) is 24.3 Å². The first-order chi connectivity index (χ1) is 15.4. The maximum absolute atomic E-state index is 13.0. The van der Waals surface area contributed by atoms with Crippen LogP contribution in [-0.4, -0.2) is 36.7 Å². The average molecular weight is 450 g/mol. The maximum atomic E-state index is 13.0. The molecule has 0 bridgehead atoms. The minimum Gasteiger partial charge on any atom is -0.482 e. The molecular formula is C24H16ClNO6. The van der Waals surface area contributed by atoms with E-state index in [4.69, 9.17) is 21.1 Å². The third kappa shape index (κ3) is 4.38. The van der Waals surface area contributed by atoms with Crippen molar-refractivity contribution >= 4 is 40.7 Å². The minimum atomic E-state index is -0.754. The van der Waals surface area contributed by atoms with Crippen molar-refractivity contribution in [2.75, 3.05) is 18.5 Å². The number of hydrogen-bond acceptors (Lipinski definition) is 6. The van der Waals surface area contributed by atoms with Crippen LogP contribution in [0.4, 0.5) is 5.69 Å². The second-order valence-corrected chi connectivity index (χ2v) is 7.32. The lowest BCUT2D eigenvalue weighted by Gasteiger charge is -2.20. The molecule has 32 heavy (non-hydrogen) atoms. The first kappa shape index (κ1) is 21.3. The van der Waals surface area contributed by atoms with E-state index in [1.807, 2.05) is 0 Å². The fourth-order valence-corrected chi connectivity index (χ4v) is 3.50. The molecule has 0 atom stereocenters. The molecule has 3 aromatic rings. The molecule has 160 valence electrons. The van der Waals surface area contributed by atoms with Crippen molar-refractivity contribution in [2.24, 2.45) is 0 Å². The highest BCUT2D eigenvalue weighted by Crippen LogP contribution is 2.31. The molecule has 0 fully saturated rings. The highest BCUT2D eigenvalue weighted by Gasteiger charge is 2.31. The van der Waals surface area contributed by atoms with E-state index in [1.54, 1.807) is 48.5 Å². The molecule has 8 heteroatoms. The van der Waals surface area contributed by atoms with Crippen LogP contribution in [0.25, 0.3) is 0 Å². The monoisotopic (exact) mass is 449 g/mol. The van der Waals surface area contributed by atoms with Crippen molar-refractivity contribution < 1.29 is 28.7 Å². The van der Waals surface area contributed by atoms with Crippen LogP contribution in [0.15, 0.2) is 66.7 Å². The van der Waals surface area contributed by atoms with Crippen molar-refractivity contribution in [1.82, 2.24) is 0 Å². The van der Waals surface area contributed by atoms with Crippen LogP contribution in [0.2, 0.25) is 5.02 Å². The zero-order valence-electron chi connectivity index (χ0n) is 16.6. The molecule has 0 aliphatic heterocycles. The van der Waals surface area contributed by atoms with Gasteiger partial charge in [-0.15, -0.1) is 0 Å². The normalized spacial score (nSPS) is 11.9. The molecule has 1 N–H and O–H groups in total. The molecular weight excluding hydrogens is 434 g/mol. The first-order valence-corrected chi connectivity index (χ1v) is 9.97. The molecule has 1 amide bonds. The van der Waals surface area contributed by atoms with Gasteiger partial charge in [0.2, 0.25) is 0 Å². The van der Waals surface area contributed by atoms with Gasteiger partial charge in [-0.3, -0.25) is 14.4 Å². The van der Waals surface area contributed by atoms with Crippen molar-refractivity contribution in [3.05, 3.63) is 94.0 Å². The van der Waals surface area contributed by atoms with Crippen LogP contribution in [0.3, 0.4) is 0 Å². The molecule has 1 aliphatic carbocycles. The average Bonchev–Trinajstić information content (AvgIpc) is 2.80. The Hall–Kier alpha value is -3.97. The van der Waals surface area contributed by atoms with E-state index in [9.17, 15) is 19.2 Å². The highest BCUT2D eigenvalue weighted by atomic mass is 35.5. The van der Waals surface area contributed by atoms with Gasteiger partial charge >= 0.3 is 5.97 Å². The second kappa shape index (κ2) is 9.03. The molecule has 0 aromatic heterocycles. The molecule has 7 nitrogen and oxygen atoms in total. The summed E-state index contributed by atoms with van der Waals surface area (Å²) in [5, 5.41) is 3.00. The Morgan fingerprint density at radius 3 is 2.25 bits per heavy atom. The summed E-state index contributed by atoms with van der Waals surface area (Å²) in [4.78, 5) is 49.9. The number of hydrogen-bond donors (Lipinski definition) is 1. The summed E-state index contributed by atoms with van der Waals surface area (Å²) in [6, 6.07) is 17.6. The lowest BCUT2D eigenvalue weighted by Crippen LogP contribution is -2.26. The van der Waals surface area contributed by atoms with Crippen molar-refractivity contribution in [1.29, 1.82) is 0 Å². The molecule has 3 aromatic carbocycles. The summed E-state index contributed by atoms with van der Waals surface area (Å²) in [7, 11) is 0. The predicted molar refractivity (Wildman–Crippen MR) is 116 cm³/mol. The van der Waals surface area contributed by atoms with Crippen LogP contribution < -0.4 is 10.1 Å². The quantitative estimate of drug-likeness (QED) is 0.451. The summed E-state index contributed by atoms with van der Waals surface area (Å²) in [6.45, 7) is -0.988. The van der Waals surface area contributed by atoms with Crippen LogP contribution in [0.5, 0.6) is 5.75 Å². The number of fused-ring (bicyclic) bond motifs is 2. The third-order valence-corrected chi connectivity index (χ3v) is 4.98. The number of amides is 1. The molecule has 1 aliphatic rings. The Morgan fingerprint density at radius 2 is 1.50 bits per heavy atom. The predicted octanol–water partition coefficient (Wildman–Crippen LogP) is 3.68. The fourth-order valence-electron chi connectivity index (χ4n) is 3.32. The van der Waals surface area contributed by atoms with Gasteiger partial charge in [0.15, 0.2) is 24.8 Å². The number of esters is 1. The van der Waals surface area contributed by atoms with Crippen LogP contribution in [-0.2, 0) is 14.3 Å². The fraction of sp³-hybridized carbons (Fsp3) is 0.0833. The van der Waals surface area contributed by atoms with Gasteiger partial charge in [0.05, 0.1) is 11.3 Å². The minimum absolute atomic E-state index is 0.111. The van der Waals surface area contributed by atoms with E-state index in [0.29, 0.717) is 16.3 Å². The van der Waals surface area contributed by atoms with E-state index in [2.05, 4.69) is 5.32 Å². The van der Waals surface area contributed by atoms with E-state index >= 15 is 0 Å². The molecule has 4 rings (SSSR count). The van der Waals surface area contributed by atoms with Crippen molar-refractivity contribution in [2.45, 2.75) is 0 Å². The van der Waals surface area contributed by atoms with Crippen molar-refractivity contribution in [3.63, 3.8) is 0 Å². The first-order valence-electron chi connectivity index (χ1n) is 9.59. The Labute approximate surface area is 187 Å². The lowest BCUT2D eigenvalue weighted by atomic mass is 9.83. The lowest BCUT2D eigenvalue weighted by molar-refractivity contribution is -0.149. The van der Waals surface area contributed by atoms with Gasteiger partial charge in [0.1, 0.15) is 5.75 Å². The topological polar surface area (TPSA) is 98.8 Å². The number of ketones is 2. The summed E-state index contributed by atoms with van der Waals surface area (Å²) in [5.74, 6) is -1.68. The van der Waals surface area contributed by atoms with Crippen LogP contribution >= 0.6 is 11.6 Å². The van der Waals surface area contributed by atoms with E-state index in [1.165, 1.54) is 18.2 Å². The maximum Gasteiger partial charge on any atom is 0.344 e. The summed E-state index contributed by atoms with van der Waals surface area (Å²) in [5.41, 5.74) is 1.09. The molecule has 0 saturated carbocycles. The Morgan fingerprint density at radius 1 is 0.812 bits per heavy atom. The summed E-state index contributed by atoms with van der Waals surface area (Å²) in [6.07, 6.45) is 0. The standard InChI is InChI=1S/C24H16ClNO6/c25-14-5-3-6-15(11-14)31-13-21(28)32-12-20(27)26-19-10-4-9-18-22(19)24(30)17-8-2-1-7-16(17)23(18)29/h1-11H,12-13H2,(H,26,27). The molecule has 0 spiro atoms. The SMILES string of the molecule is O=C(COC(=O)COc1cccc(Cl)c1)Nc1cccc2c1C(=O)c1ccccc1C2=O. The molecule has 0 heterocycles. The Kier molecular flexibility index (Phi) is 6.00. The van der Waals surface area contributed by atoms with Gasteiger partial charge < -0.3 is 14.8 Å². The number of rotatable bonds is 6. The van der Waals surface area contributed by atoms with Gasteiger partial charge in [-0.25, -0.2) is 4.79 Å².